The second-order valence-electron chi connectivity index (χ2n) is 5.59. The van der Waals surface area contributed by atoms with Crippen LogP contribution < -0.4 is 10.1 Å². The molecule has 0 spiro atoms. The van der Waals surface area contributed by atoms with Crippen molar-refractivity contribution < 1.29 is 33.0 Å². The van der Waals surface area contributed by atoms with Crippen molar-refractivity contribution in [1.82, 2.24) is 0 Å². The first kappa shape index (κ1) is 22.6. The lowest BCUT2D eigenvalue weighted by atomic mass is 10.1. The third kappa shape index (κ3) is 5.65. The van der Waals surface area contributed by atoms with Crippen molar-refractivity contribution in [2.24, 2.45) is 0 Å². The van der Waals surface area contributed by atoms with Gasteiger partial charge in [-0.05, 0) is 39.0 Å². The van der Waals surface area contributed by atoms with E-state index in [1.807, 2.05) is 0 Å². The Morgan fingerprint density at radius 2 is 1.66 bits per heavy atom. The zero-order valence-corrected chi connectivity index (χ0v) is 17.5. The van der Waals surface area contributed by atoms with Gasteiger partial charge >= 0.3 is 11.9 Å². The molecule has 0 aliphatic carbocycles. The summed E-state index contributed by atoms with van der Waals surface area (Å²) in [6.07, 6.45) is 0. The molecule has 2 aromatic rings. The number of halogens is 2. The van der Waals surface area contributed by atoms with E-state index in [1.165, 1.54) is 19.1 Å². The maximum absolute atomic E-state index is 12.3. The number of rotatable bonds is 8. The summed E-state index contributed by atoms with van der Waals surface area (Å²) >= 11 is 11.8. The van der Waals surface area contributed by atoms with Gasteiger partial charge in [0.2, 0.25) is 5.88 Å². The molecule has 8 nitrogen and oxygen atoms in total. The van der Waals surface area contributed by atoms with E-state index >= 15 is 0 Å². The van der Waals surface area contributed by atoms with E-state index in [1.54, 1.807) is 19.9 Å². The first-order valence-electron chi connectivity index (χ1n) is 8.63. The first-order valence-corrected chi connectivity index (χ1v) is 9.39. The largest absolute Gasteiger partial charge is 0.482 e. The molecular weight excluding hydrogens is 425 g/mol. The molecule has 0 fully saturated rings. The van der Waals surface area contributed by atoms with Crippen LogP contribution in [0.4, 0.5) is 5.88 Å². The number of hydrogen-bond donors (Lipinski definition) is 1. The minimum Gasteiger partial charge on any atom is -0.482 e. The maximum Gasteiger partial charge on any atom is 0.344 e. The Morgan fingerprint density at radius 3 is 2.24 bits per heavy atom. The molecule has 1 N–H and O–H groups in total. The molecule has 1 aromatic heterocycles. The van der Waals surface area contributed by atoms with E-state index in [2.05, 4.69) is 5.32 Å². The average Bonchev–Trinajstić information content (AvgIpc) is 2.97. The molecular formula is C19H19Cl2NO7. The number of carbonyl (C=O) groups excluding carboxylic acids is 3. The lowest BCUT2D eigenvalue weighted by molar-refractivity contribution is -0.118. The highest BCUT2D eigenvalue weighted by Crippen LogP contribution is 2.30. The molecule has 0 bridgehead atoms. The number of ether oxygens (including phenoxy) is 3. The molecule has 0 saturated heterocycles. The van der Waals surface area contributed by atoms with Crippen LogP contribution in [-0.4, -0.2) is 37.7 Å². The van der Waals surface area contributed by atoms with Crippen molar-refractivity contribution in [2.45, 2.75) is 20.8 Å². The van der Waals surface area contributed by atoms with Gasteiger partial charge in [-0.2, -0.15) is 0 Å². The van der Waals surface area contributed by atoms with E-state index in [0.29, 0.717) is 5.02 Å². The van der Waals surface area contributed by atoms with Crippen LogP contribution in [0.1, 0.15) is 40.3 Å². The summed E-state index contributed by atoms with van der Waals surface area (Å²) < 4.78 is 20.7. The summed E-state index contributed by atoms with van der Waals surface area (Å²) in [6, 6.07) is 4.54. The molecule has 10 heteroatoms. The minimum atomic E-state index is -0.829. The number of nitrogens with one attached hydrogen (secondary N) is 1. The number of benzene rings is 1. The van der Waals surface area contributed by atoms with Crippen LogP contribution in [0.3, 0.4) is 0 Å². The van der Waals surface area contributed by atoms with E-state index in [-0.39, 0.29) is 46.8 Å². The summed E-state index contributed by atoms with van der Waals surface area (Å²) in [6.45, 7) is 4.43. The second kappa shape index (κ2) is 10.2. The Labute approximate surface area is 177 Å². The zero-order chi connectivity index (χ0) is 21.6. The van der Waals surface area contributed by atoms with Crippen LogP contribution in [0.25, 0.3) is 0 Å². The molecule has 1 amide bonds. The van der Waals surface area contributed by atoms with Gasteiger partial charge in [0.15, 0.2) is 6.61 Å². The van der Waals surface area contributed by atoms with E-state index in [4.69, 9.17) is 41.8 Å². The van der Waals surface area contributed by atoms with E-state index in [9.17, 15) is 14.4 Å². The lowest BCUT2D eigenvalue weighted by Crippen LogP contribution is -2.22. The predicted octanol–water partition coefficient (Wildman–Crippen LogP) is 4.27. The van der Waals surface area contributed by atoms with Gasteiger partial charge < -0.3 is 18.6 Å². The smallest absolute Gasteiger partial charge is 0.344 e. The molecule has 156 valence electrons. The summed E-state index contributed by atoms with van der Waals surface area (Å²) in [5.74, 6) is -2.13. The number of anilines is 1. The maximum atomic E-state index is 12.3. The van der Waals surface area contributed by atoms with Crippen molar-refractivity contribution in [2.75, 3.05) is 25.1 Å². The van der Waals surface area contributed by atoms with Gasteiger partial charge in [-0.25, -0.2) is 9.59 Å². The molecule has 0 atom stereocenters. The van der Waals surface area contributed by atoms with Crippen molar-refractivity contribution in [3.8, 4) is 5.75 Å². The zero-order valence-electron chi connectivity index (χ0n) is 16.0. The van der Waals surface area contributed by atoms with Gasteiger partial charge in [0.25, 0.3) is 5.91 Å². The van der Waals surface area contributed by atoms with Crippen molar-refractivity contribution in [3.63, 3.8) is 0 Å². The van der Waals surface area contributed by atoms with Gasteiger partial charge in [-0.3, -0.25) is 10.1 Å². The fourth-order valence-corrected chi connectivity index (χ4v) is 2.84. The van der Waals surface area contributed by atoms with Crippen molar-refractivity contribution >= 4 is 46.9 Å². The van der Waals surface area contributed by atoms with Crippen molar-refractivity contribution in [3.05, 3.63) is 45.1 Å². The highest BCUT2D eigenvalue weighted by Gasteiger charge is 2.31. The third-order valence-corrected chi connectivity index (χ3v) is 4.08. The lowest BCUT2D eigenvalue weighted by Gasteiger charge is -2.09. The van der Waals surface area contributed by atoms with E-state index < -0.39 is 24.5 Å². The predicted molar refractivity (Wildman–Crippen MR) is 106 cm³/mol. The second-order valence-corrected chi connectivity index (χ2v) is 6.43. The molecule has 0 unspecified atom stereocenters. The van der Waals surface area contributed by atoms with Gasteiger partial charge in [0.05, 0.1) is 18.2 Å². The highest BCUT2D eigenvalue weighted by atomic mass is 35.5. The normalized spacial score (nSPS) is 10.4. The molecule has 0 aliphatic rings. The molecule has 0 radical (unpaired) electrons. The number of aryl methyl sites for hydroxylation is 1. The third-order valence-electron chi connectivity index (χ3n) is 3.55. The number of carbonyl (C=O) groups is 3. The summed E-state index contributed by atoms with van der Waals surface area (Å²) in [5.41, 5.74) is -0.331. The Hall–Kier alpha value is -2.71. The quantitative estimate of drug-likeness (QED) is 0.607. The standard InChI is InChI=1S/C19H19Cl2NO7/c1-4-26-18(24)15-10(3)29-17(16(15)19(25)27-5-2)22-14(23)9-28-13-7-6-11(20)8-12(13)21/h6-8H,4-5,9H2,1-3H3,(H,22,23). The monoisotopic (exact) mass is 443 g/mol. The fourth-order valence-electron chi connectivity index (χ4n) is 2.38. The minimum absolute atomic E-state index is 0.0664. The molecule has 1 heterocycles. The van der Waals surface area contributed by atoms with Crippen LogP contribution in [-0.2, 0) is 14.3 Å². The molecule has 2 rings (SSSR count). The van der Waals surface area contributed by atoms with Crippen LogP contribution in [0.5, 0.6) is 5.75 Å². The Morgan fingerprint density at radius 1 is 1.03 bits per heavy atom. The Balaban J connectivity index is 2.22. The van der Waals surface area contributed by atoms with Crippen LogP contribution in [0.15, 0.2) is 22.6 Å². The van der Waals surface area contributed by atoms with Gasteiger partial charge in [-0.1, -0.05) is 23.2 Å². The van der Waals surface area contributed by atoms with Gasteiger partial charge in [0.1, 0.15) is 22.6 Å². The van der Waals surface area contributed by atoms with Crippen LogP contribution >= 0.6 is 23.2 Å². The molecule has 0 saturated carbocycles. The van der Waals surface area contributed by atoms with E-state index in [0.717, 1.165) is 0 Å². The molecule has 29 heavy (non-hydrogen) atoms. The van der Waals surface area contributed by atoms with Gasteiger partial charge in [0, 0.05) is 5.02 Å². The average molecular weight is 444 g/mol. The molecule has 1 aromatic carbocycles. The summed E-state index contributed by atoms with van der Waals surface area (Å²) in [4.78, 5) is 36.8. The Kier molecular flexibility index (Phi) is 7.92. The van der Waals surface area contributed by atoms with Crippen LogP contribution in [0, 0.1) is 6.92 Å². The number of amides is 1. The number of esters is 2. The topological polar surface area (TPSA) is 104 Å². The first-order chi connectivity index (χ1) is 13.8. The summed E-state index contributed by atoms with van der Waals surface area (Å²) in [5, 5.41) is 3.05. The number of furan rings is 1. The Bertz CT molecular complexity index is 924. The highest BCUT2D eigenvalue weighted by molar-refractivity contribution is 6.35. The SMILES string of the molecule is CCOC(=O)c1c(C)oc(NC(=O)COc2ccc(Cl)cc2Cl)c1C(=O)OCC. The number of hydrogen-bond acceptors (Lipinski definition) is 7. The summed E-state index contributed by atoms with van der Waals surface area (Å²) in [7, 11) is 0. The van der Waals surface area contributed by atoms with Gasteiger partial charge in [-0.15, -0.1) is 0 Å². The van der Waals surface area contributed by atoms with Crippen LogP contribution in [0.2, 0.25) is 10.0 Å². The molecule has 0 aliphatic heterocycles. The van der Waals surface area contributed by atoms with Crippen molar-refractivity contribution in [1.29, 1.82) is 0 Å². The fraction of sp³-hybridized carbons (Fsp3) is 0.316.